The number of nitrogens with zero attached hydrogens (tertiary/aromatic N) is 6. The number of benzene rings is 1. The third-order valence-corrected chi connectivity index (χ3v) is 6.78. The molecule has 29 heavy (non-hydrogen) atoms. The SMILES string of the molecule is CC(=O)c1ccc(S(=O)(=O)N2CCN(c3ccc(-n4ccnc4)nn3)CC2)cc1. The van der Waals surface area contributed by atoms with Crippen molar-refractivity contribution in [2.24, 2.45) is 0 Å². The van der Waals surface area contributed by atoms with E-state index in [-0.39, 0.29) is 10.7 Å². The number of Topliss-reactive ketones (excluding diaryl/α,β-unsaturated/α-hetero) is 1. The van der Waals surface area contributed by atoms with Gasteiger partial charge in [0.25, 0.3) is 0 Å². The summed E-state index contributed by atoms with van der Waals surface area (Å²) in [6.45, 7) is 3.19. The maximum absolute atomic E-state index is 12.9. The molecule has 3 aromatic rings. The summed E-state index contributed by atoms with van der Waals surface area (Å²) in [5.74, 6) is 1.28. The number of rotatable bonds is 5. The summed E-state index contributed by atoms with van der Waals surface area (Å²) in [5, 5.41) is 8.46. The van der Waals surface area contributed by atoms with Gasteiger partial charge in [-0.2, -0.15) is 4.31 Å². The molecule has 0 spiro atoms. The second kappa shape index (κ2) is 7.72. The number of aromatic nitrogens is 4. The van der Waals surface area contributed by atoms with Gasteiger partial charge in [-0.05, 0) is 31.2 Å². The van der Waals surface area contributed by atoms with E-state index in [1.54, 1.807) is 35.4 Å². The van der Waals surface area contributed by atoms with Crippen molar-refractivity contribution >= 4 is 21.6 Å². The van der Waals surface area contributed by atoms with Crippen LogP contribution in [0.3, 0.4) is 0 Å². The van der Waals surface area contributed by atoms with Crippen molar-refractivity contribution in [3.05, 3.63) is 60.7 Å². The molecule has 0 atom stereocenters. The van der Waals surface area contributed by atoms with Crippen LogP contribution >= 0.6 is 0 Å². The molecule has 1 saturated heterocycles. The highest BCUT2D eigenvalue weighted by atomic mass is 32.2. The second-order valence-electron chi connectivity index (χ2n) is 6.69. The monoisotopic (exact) mass is 412 g/mol. The van der Waals surface area contributed by atoms with Gasteiger partial charge in [-0.3, -0.25) is 9.36 Å². The van der Waals surface area contributed by atoms with Crippen molar-refractivity contribution in [3.63, 3.8) is 0 Å². The zero-order valence-electron chi connectivity index (χ0n) is 15.8. The van der Waals surface area contributed by atoms with Gasteiger partial charge in [0.2, 0.25) is 10.0 Å². The van der Waals surface area contributed by atoms with E-state index in [1.807, 2.05) is 17.0 Å². The van der Waals surface area contributed by atoms with E-state index in [0.717, 1.165) is 0 Å². The molecule has 1 fully saturated rings. The van der Waals surface area contributed by atoms with Gasteiger partial charge in [-0.1, -0.05) is 12.1 Å². The molecule has 0 saturated carbocycles. The Kier molecular flexibility index (Phi) is 5.12. The standard InChI is InChI=1S/C19H20N6O3S/c1-15(26)16-2-4-17(5-3-16)29(27,28)25-12-10-23(11-13-25)18-6-7-19(22-21-18)24-9-8-20-14-24/h2-9,14H,10-13H2,1H3. The fourth-order valence-electron chi connectivity index (χ4n) is 3.19. The van der Waals surface area contributed by atoms with Crippen LogP contribution in [0, 0.1) is 0 Å². The first kappa shape index (κ1) is 19.2. The minimum atomic E-state index is -3.60. The molecule has 0 N–H and O–H groups in total. The Balaban J connectivity index is 1.42. The number of sulfonamides is 1. The molecule has 3 heterocycles. The highest BCUT2D eigenvalue weighted by molar-refractivity contribution is 7.89. The van der Waals surface area contributed by atoms with E-state index in [1.165, 1.54) is 23.4 Å². The number of hydrogen-bond acceptors (Lipinski definition) is 7. The van der Waals surface area contributed by atoms with Gasteiger partial charge >= 0.3 is 0 Å². The summed E-state index contributed by atoms with van der Waals surface area (Å²) in [6.07, 6.45) is 5.11. The van der Waals surface area contributed by atoms with Crippen LogP contribution in [0.1, 0.15) is 17.3 Å². The summed E-state index contributed by atoms with van der Waals surface area (Å²) in [7, 11) is -3.60. The normalized spacial score (nSPS) is 15.4. The largest absolute Gasteiger partial charge is 0.352 e. The number of carbonyl (C=O) groups excluding carboxylic acids is 1. The third kappa shape index (κ3) is 3.89. The van der Waals surface area contributed by atoms with Crippen LogP contribution in [0.25, 0.3) is 5.82 Å². The van der Waals surface area contributed by atoms with Gasteiger partial charge in [-0.25, -0.2) is 13.4 Å². The molecule has 0 unspecified atom stereocenters. The molecular formula is C19H20N6O3S. The second-order valence-corrected chi connectivity index (χ2v) is 8.63. The topological polar surface area (TPSA) is 101 Å². The number of piperazine rings is 1. The van der Waals surface area contributed by atoms with Gasteiger partial charge in [0.15, 0.2) is 17.4 Å². The summed E-state index contributed by atoms with van der Waals surface area (Å²) in [5.41, 5.74) is 0.492. The molecule has 1 aliphatic heterocycles. The lowest BCUT2D eigenvalue weighted by Gasteiger charge is -2.34. The Hall–Kier alpha value is -3.11. The molecule has 4 rings (SSSR count). The highest BCUT2D eigenvalue weighted by Gasteiger charge is 2.29. The van der Waals surface area contributed by atoms with E-state index < -0.39 is 10.0 Å². The van der Waals surface area contributed by atoms with Gasteiger partial charge in [0.05, 0.1) is 4.90 Å². The third-order valence-electron chi connectivity index (χ3n) is 4.87. The molecule has 0 radical (unpaired) electrons. The van der Waals surface area contributed by atoms with Crippen molar-refractivity contribution in [2.75, 3.05) is 31.1 Å². The Morgan fingerprint density at radius 3 is 2.14 bits per heavy atom. The number of carbonyl (C=O) groups is 1. The number of imidazole rings is 1. The first-order chi connectivity index (χ1) is 13.9. The number of ketones is 1. The molecule has 1 aliphatic rings. The fraction of sp³-hybridized carbons (Fsp3) is 0.263. The Morgan fingerprint density at radius 2 is 1.59 bits per heavy atom. The minimum Gasteiger partial charge on any atom is -0.352 e. The van der Waals surface area contributed by atoms with E-state index in [9.17, 15) is 13.2 Å². The predicted octanol–water partition coefficient (Wildman–Crippen LogP) is 1.38. The van der Waals surface area contributed by atoms with E-state index >= 15 is 0 Å². The molecule has 0 aliphatic carbocycles. The maximum atomic E-state index is 12.9. The molecule has 9 nitrogen and oxygen atoms in total. The molecule has 10 heteroatoms. The van der Waals surface area contributed by atoms with Crippen LogP contribution in [0.4, 0.5) is 5.82 Å². The van der Waals surface area contributed by atoms with Crippen LogP contribution in [0.15, 0.2) is 60.0 Å². The van der Waals surface area contributed by atoms with Crippen molar-refractivity contribution < 1.29 is 13.2 Å². The first-order valence-corrected chi connectivity index (χ1v) is 10.6. The van der Waals surface area contributed by atoms with Crippen LogP contribution in [-0.4, -0.2) is 64.4 Å². The fourth-order valence-corrected chi connectivity index (χ4v) is 4.61. The maximum Gasteiger partial charge on any atom is 0.243 e. The summed E-state index contributed by atoms with van der Waals surface area (Å²) in [6, 6.07) is 9.78. The predicted molar refractivity (Wildman–Crippen MR) is 107 cm³/mol. The van der Waals surface area contributed by atoms with E-state index in [2.05, 4.69) is 15.2 Å². The minimum absolute atomic E-state index is 0.0947. The van der Waals surface area contributed by atoms with Crippen LogP contribution in [0.2, 0.25) is 0 Å². The van der Waals surface area contributed by atoms with Crippen LogP contribution in [0.5, 0.6) is 0 Å². The average Bonchev–Trinajstić information content (AvgIpc) is 3.29. The van der Waals surface area contributed by atoms with E-state index in [0.29, 0.717) is 43.4 Å². The average molecular weight is 412 g/mol. The molecule has 1 aromatic carbocycles. The quantitative estimate of drug-likeness (QED) is 0.584. The molecule has 0 bridgehead atoms. The lowest BCUT2D eigenvalue weighted by atomic mass is 10.2. The number of anilines is 1. The van der Waals surface area contributed by atoms with Crippen molar-refractivity contribution in [3.8, 4) is 5.82 Å². The Labute approximate surface area is 168 Å². The van der Waals surface area contributed by atoms with Gasteiger partial charge in [0.1, 0.15) is 6.33 Å². The van der Waals surface area contributed by atoms with Crippen molar-refractivity contribution in [1.29, 1.82) is 0 Å². The summed E-state index contributed by atoms with van der Waals surface area (Å²) in [4.78, 5) is 17.6. The number of hydrogen-bond donors (Lipinski definition) is 0. The Bertz CT molecular complexity index is 1090. The van der Waals surface area contributed by atoms with E-state index in [4.69, 9.17) is 0 Å². The highest BCUT2D eigenvalue weighted by Crippen LogP contribution is 2.20. The molecule has 150 valence electrons. The zero-order chi connectivity index (χ0) is 20.4. The molecule has 0 amide bonds. The lowest BCUT2D eigenvalue weighted by molar-refractivity contribution is 0.101. The molecular weight excluding hydrogens is 392 g/mol. The van der Waals surface area contributed by atoms with Crippen molar-refractivity contribution in [1.82, 2.24) is 24.1 Å². The van der Waals surface area contributed by atoms with Crippen LogP contribution < -0.4 is 4.90 Å². The van der Waals surface area contributed by atoms with Gasteiger partial charge in [0, 0.05) is 44.1 Å². The van der Waals surface area contributed by atoms with Gasteiger partial charge in [-0.15, -0.1) is 10.2 Å². The Morgan fingerprint density at radius 1 is 0.931 bits per heavy atom. The molecule has 2 aromatic heterocycles. The first-order valence-electron chi connectivity index (χ1n) is 9.13. The van der Waals surface area contributed by atoms with Crippen LogP contribution in [-0.2, 0) is 10.0 Å². The van der Waals surface area contributed by atoms with Gasteiger partial charge < -0.3 is 4.90 Å². The summed E-state index contributed by atoms with van der Waals surface area (Å²) >= 11 is 0. The summed E-state index contributed by atoms with van der Waals surface area (Å²) < 4.78 is 29.0. The van der Waals surface area contributed by atoms with Crippen molar-refractivity contribution in [2.45, 2.75) is 11.8 Å². The smallest absolute Gasteiger partial charge is 0.243 e. The lowest BCUT2D eigenvalue weighted by Crippen LogP contribution is -2.49. The zero-order valence-corrected chi connectivity index (χ0v) is 16.7.